The molecule has 0 radical (unpaired) electrons. The van der Waals surface area contributed by atoms with E-state index in [2.05, 4.69) is 16.4 Å². The normalized spacial score (nSPS) is 10.3. The molecule has 0 atom stereocenters. The molecule has 2 N–H and O–H groups in total. The van der Waals surface area contributed by atoms with Gasteiger partial charge in [0.1, 0.15) is 5.69 Å². The van der Waals surface area contributed by atoms with Gasteiger partial charge in [-0.1, -0.05) is 6.42 Å². The Balaban J connectivity index is 1.75. The Morgan fingerprint density at radius 3 is 2.83 bits per heavy atom. The fourth-order valence-corrected chi connectivity index (χ4v) is 2.43. The van der Waals surface area contributed by atoms with Crippen LogP contribution in [0.2, 0.25) is 0 Å². The first-order valence-corrected chi connectivity index (χ1v) is 8.10. The number of fused-ring (bicyclic) bond motifs is 1. The molecular formula is C18H21N3O3. The molecule has 2 rings (SSSR count). The predicted octanol–water partition coefficient (Wildman–Crippen LogP) is 2.89. The Labute approximate surface area is 140 Å². The molecule has 0 aliphatic rings. The Morgan fingerprint density at radius 2 is 2.08 bits per heavy atom. The minimum Gasteiger partial charge on any atom is -0.466 e. The highest BCUT2D eigenvalue weighted by molar-refractivity contribution is 5.98. The Morgan fingerprint density at radius 1 is 1.25 bits per heavy atom. The summed E-state index contributed by atoms with van der Waals surface area (Å²) < 4.78 is 4.86. The molecule has 1 aromatic carbocycles. The van der Waals surface area contributed by atoms with E-state index in [9.17, 15) is 9.59 Å². The maximum Gasteiger partial charge on any atom is 0.305 e. The Kier molecular flexibility index (Phi) is 6.38. The number of aromatic amines is 1. The molecule has 6 nitrogen and oxygen atoms in total. The van der Waals surface area contributed by atoms with Gasteiger partial charge in [-0.3, -0.25) is 9.59 Å². The van der Waals surface area contributed by atoms with Crippen LogP contribution >= 0.6 is 0 Å². The molecule has 126 valence electrons. The second kappa shape index (κ2) is 8.73. The summed E-state index contributed by atoms with van der Waals surface area (Å²) in [5.74, 6) is -0.341. The average Bonchev–Trinajstić information content (AvgIpc) is 3.01. The first kappa shape index (κ1) is 17.5. The molecule has 1 aromatic heterocycles. The molecule has 0 saturated carbocycles. The summed E-state index contributed by atoms with van der Waals surface area (Å²) in [6, 6.07) is 9.07. The number of H-pyrrole nitrogens is 1. The number of unbranched alkanes of at least 4 members (excludes halogenated alkanes) is 2. The van der Waals surface area contributed by atoms with Gasteiger partial charge in [0, 0.05) is 23.9 Å². The van der Waals surface area contributed by atoms with Crippen LogP contribution < -0.4 is 5.32 Å². The van der Waals surface area contributed by atoms with Crippen LogP contribution in [0.25, 0.3) is 10.9 Å². The van der Waals surface area contributed by atoms with Gasteiger partial charge in [0.25, 0.3) is 5.91 Å². The molecule has 1 amide bonds. The van der Waals surface area contributed by atoms with Crippen molar-refractivity contribution in [2.75, 3.05) is 13.2 Å². The van der Waals surface area contributed by atoms with Gasteiger partial charge < -0.3 is 15.0 Å². The lowest BCUT2D eigenvalue weighted by molar-refractivity contribution is -0.143. The first-order chi connectivity index (χ1) is 11.6. The van der Waals surface area contributed by atoms with Crippen LogP contribution in [0.4, 0.5) is 0 Å². The van der Waals surface area contributed by atoms with E-state index >= 15 is 0 Å². The molecule has 24 heavy (non-hydrogen) atoms. The number of nitriles is 1. The second-order valence-corrected chi connectivity index (χ2v) is 5.47. The smallest absolute Gasteiger partial charge is 0.305 e. The van der Waals surface area contributed by atoms with Crippen molar-refractivity contribution in [2.24, 2.45) is 0 Å². The van der Waals surface area contributed by atoms with E-state index in [0.29, 0.717) is 30.8 Å². The molecule has 0 spiro atoms. The predicted molar refractivity (Wildman–Crippen MR) is 90.4 cm³/mol. The van der Waals surface area contributed by atoms with Gasteiger partial charge in [-0.15, -0.1) is 0 Å². The molecule has 0 saturated heterocycles. The fraction of sp³-hybridized carbons (Fsp3) is 0.389. The van der Waals surface area contributed by atoms with Gasteiger partial charge in [-0.25, -0.2) is 0 Å². The van der Waals surface area contributed by atoms with E-state index in [1.54, 1.807) is 31.2 Å². The largest absolute Gasteiger partial charge is 0.466 e. The summed E-state index contributed by atoms with van der Waals surface area (Å²) in [6.07, 6.45) is 2.85. The van der Waals surface area contributed by atoms with Gasteiger partial charge in [-0.05, 0) is 44.0 Å². The standard InChI is InChI=1S/C18H21N3O3/c1-2-24-17(22)6-4-3-5-9-20-18(23)16-11-14-10-13(12-19)7-8-15(14)21-16/h7-8,10-11,21H,2-6,9H2,1H3,(H,20,23). The highest BCUT2D eigenvalue weighted by atomic mass is 16.5. The summed E-state index contributed by atoms with van der Waals surface area (Å²) in [4.78, 5) is 26.3. The van der Waals surface area contributed by atoms with E-state index in [1.807, 2.05) is 0 Å². The van der Waals surface area contributed by atoms with Gasteiger partial charge in [0.15, 0.2) is 0 Å². The first-order valence-electron chi connectivity index (χ1n) is 8.10. The van der Waals surface area contributed by atoms with E-state index in [1.165, 1.54) is 0 Å². The molecule has 0 fully saturated rings. The highest BCUT2D eigenvalue weighted by Gasteiger charge is 2.09. The quantitative estimate of drug-likeness (QED) is 0.575. The number of nitrogens with zero attached hydrogens (tertiary/aromatic N) is 1. The Bertz CT molecular complexity index is 758. The molecule has 2 aromatic rings. The third kappa shape index (κ3) is 4.85. The minimum atomic E-state index is -0.171. The third-order valence-electron chi connectivity index (χ3n) is 3.64. The highest BCUT2D eigenvalue weighted by Crippen LogP contribution is 2.17. The summed E-state index contributed by atoms with van der Waals surface area (Å²) in [5.41, 5.74) is 1.87. The average molecular weight is 327 g/mol. The van der Waals surface area contributed by atoms with Crippen LogP contribution in [-0.2, 0) is 9.53 Å². The zero-order valence-corrected chi connectivity index (χ0v) is 13.7. The summed E-state index contributed by atoms with van der Waals surface area (Å²) >= 11 is 0. The van der Waals surface area contributed by atoms with Crippen molar-refractivity contribution in [3.05, 3.63) is 35.5 Å². The van der Waals surface area contributed by atoms with Crippen molar-refractivity contribution in [2.45, 2.75) is 32.6 Å². The van der Waals surface area contributed by atoms with Crippen molar-refractivity contribution in [1.29, 1.82) is 5.26 Å². The number of carbonyl (C=O) groups excluding carboxylic acids is 2. The molecule has 0 aliphatic carbocycles. The minimum absolute atomic E-state index is 0.170. The van der Waals surface area contributed by atoms with Gasteiger partial charge in [0.05, 0.1) is 18.2 Å². The molecule has 0 bridgehead atoms. The van der Waals surface area contributed by atoms with Crippen LogP contribution in [-0.4, -0.2) is 30.0 Å². The van der Waals surface area contributed by atoms with E-state index < -0.39 is 0 Å². The fourth-order valence-electron chi connectivity index (χ4n) is 2.43. The van der Waals surface area contributed by atoms with Gasteiger partial charge in [-0.2, -0.15) is 5.26 Å². The number of hydrogen-bond donors (Lipinski definition) is 2. The Hall–Kier alpha value is -2.81. The van der Waals surface area contributed by atoms with Gasteiger partial charge in [0.2, 0.25) is 0 Å². The van der Waals surface area contributed by atoms with Crippen molar-refractivity contribution in [3.8, 4) is 6.07 Å². The number of aromatic nitrogens is 1. The third-order valence-corrected chi connectivity index (χ3v) is 3.64. The molecular weight excluding hydrogens is 306 g/mol. The van der Waals surface area contributed by atoms with Crippen molar-refractivity contribution in [1.82, 2.24) is 10.3 Å². The number of rotatable bonds is 8. The van der Waals surface area contributed by atoms with Crippen molar-refractivity contribution >= 4 is 22.8 Å². The number of nitrogens with one attached hydrogen (secondary N) is 2. The second-order valence-electron chi connectivity index (χ2n) is 5.47. The molecule has 0 aliphatic heterocycles. The maximum absolute atomic E-state index is 12.1. The van der Waals surface area contributed by atoms with Crippen LogP contribution in [0.5, 0.6) is 0 Å². The van der Waals surface area contributed by atoms with Crippen LogP contribution in [0, 0.1) is 11.3 Å². The van der Waals surface area contributed by atoms with Crippen LogP contribution in [0.3, 0.4) is 0 Å². The maximum atomic E-state index is 12.1. The number of amides is 1. The van der Waals surface area contributed by atoms with E-state index in [4.69, 9.17) is 10.00 Å². The topological polar surface area (TPSA) is 95.0 Å². The van der Waals surface area contributed by atoms with Crippen molar-refractivity contribution < 1.29 is 14.3 Å². The van der Waals surface area contributed by atoms with E-state index in [0.717, 1.165) is 30.2 Å². The van der Waals surface area contributed by atoms with Crippen LogP contribution in [0.1, 0.15) is 48.7 Å². The number of hydrogen-bond acceptors (Lipinski definition) is 4. The lowest BCUT2D eigenvalue weighted by Crippen LogP contribution is -2.24. The van der Waals surface area contributed by atoms with Gasteiger partial charge >= 0.3 is 5.97 Å². The van der Waals surface area contributed by atoms with Crippen LogP contribution in [0.15, 0.2) is 24.3 Å². The zero-order valence-electron chi connectivity index (χ0n) is 13.7. The number of esters is 1. The summed E-state index contributed by atoms with van der Waals surface area (Å²) in [5, 5.41) is 12.6. The summed E-state index contributed by atoms with van der Waals surface area (Å²) in [7, 11) is 0. The zero-order chi connectivity index (χ0) is 17.4. The summed E-state index contributed by atoms with van der Waals surface area (Å²) in [6.45, 7) is 2.76. The number of benzene rings is 1. The molecule has 1 heterocycles. The van der Waals surface area contributed by atoms with Crippen molar-refractivity contribution in [3.63, 3.8) is 0 Å². The SMILES string of the molecule is CCOC(=O)CCCCCNC(=O)c1cc2cc(C#N)ccc2[nH]1. The molecule has 6 heteroatoms. The molecule has 0 unspecified atom stereocenters. The monoisotopic (exact) mass is 327 g/mol. The number of carbonyl (C=O) groups is 2. The van der Waals surface area contributed by atoms with E-state index in [-0.39, 0.29) is 11.9 Å². The lowest BCUT2D eigenvalue weighted by Gasteiger charge is -2.04. The lowest BCUT2D eigenvalue weighted by atomic mass is 10.2. The number of ether oxygens (including phenoxy) is 1.